The van der Waals surface area contributed by atoms with Gasteiger partial charge in [0.15, 0.2) is 0 Å². The minimum Gasteiger partial charge on any atom is -0.497 e. The molecule has 0 amide bonds. The van der Waals surface area contributed by atoms with Crippen LogP contribution in [-0.4, -0.2) is 13.2 Å². The topological polar surface area (TPSA) is 21.3 Å². The third-order valence-corrected chi connectivity index (χ3v) is 3.51. The maximum absolute atomic E-state index is 5.26. The lowest BCUT2D eigenvalue weighted by atomic mass is 10.1. The van der Waals surface area contributed by atoms with E-state index in [2.05, 4.69) is 37.4 Å². The summed E-state index contributed by atoms with van der Waals surface area (Å²) in [5.41, 5.74) is 1.30. The van der Waals surface area contributed by atoms with Crippen molar-refractivity contribution in [2.24, 2.45) is 5.92 Å². The van der Waals surface area contributed by atoms with E-state index in [1.54, 1.807) is 7.11 Å². The fourth-order valence-corrected chi connectivity index (χ4v) is 2.36. The Morgan fingerprint density at radius 1 is 1.35 bits per heavy atom. The molecule has 94 valence electrons. The Morgan fingerprint density at radius 3 is 2.76 bits per heavy atom. The van der Waals surface area contributed by atoms with Crippen molar-refractivity contribution in [3.63, 3.8) is 0 Å². The third-order valence-electron chi connectivity index (χ3n) is 3.51. The van der Waals surface area contributed by atoms with Gasteiger partial charge in [-0.2, -0.15) is 0 Å². The van der Waals surface area contributed by atoms with E-state index in [0.29, 0.717) is 12.1 Å². The molecule has 0 heterocycles. The lowest BCUT2D eigenvalue weighted by Gasteiger charge is -2.20. The standard InChI is InChI=1S/C15H23NO/c1-11(9-13-7-8-13)16-12(2)14-5-4-6-15(10-14)17-3/h4-6,10-13,16H,7-9H2,1-3H3. The molecule has 1 aliphatic carbocycles. The number of hydrogen-bond acceptors (Lipinski definition) is 2. The number of methoxy groups -OCH3 is 1. The molecule has 1 aromatic carbocycles. The first-order valence-corrected chi connectivity index (χ1v) is 6.59. The first-order valence-electron chi connectivity index (χ1n) is 6.59. The zero-order valence-electron chi connectivity index (χ0n) is 11.1. The van der Waals surface area contributed by atoms with Crippen LogP contribution in [0.4, 0.5) is 0 Å². The van der Waals surface area contributed by atoms with Gasteiger partial charge >= 0.3 is 0 Å². The van der Waals surface area contributed by atoms with E-state index in [9.17, 15) is 0 Å². The molecule has 2 unspecified atom stereocenters. The molecule has 1 saturated carbocycles. The Labute approximate surface area is 104 Å². The highest BCUT2D eigenvalue weighted by molar-refractivity contribution is 5.30. The highest BCUT2D eigenvalue weighted by Crippen LogP contribution is 2.33. The van der Waals surface area contributed by atoms with Gasteiger partial charge in [-0.05, 0) is 43.9 Å². The Morgan fingerprint density at radius 2 is 2.12 bits per heavy atom. The molecule has 1 N–H and O–H groups in total. The number of benzene rings is 1. The second-order valence-electron chi connectivity index (χ2n) is 5.25. The van der Waals surface area contributed by atoms with Crippen molar-refractivity contribution in [2.45, 2.75) is 45.2 Å². The van der Waals surface area contributed by atoms with Crippen molar-refractivity contribution in [3.05, 3.63) is 29.8 Å². The van der Waals surface area contributed by atoms with Crippen molar-refractivity contribution >= 4 is 0 Å². The predicted octanol–water partition coefficient (Wildman–Crippen LogP) is 3.53. The van der Waals surface area contributed by atoms with Crippen molar-refractivity contribution < 1.29 is 4.74 Å². The van der Waals surface area contributed by atoms with Crippen LogP contribution in [-0.2, 0) is 0 Å². The molecule has 1 aliphatic rings. The van der Waals surface area contributed by atoms with Gasteiger partial charge in [-0.25, -0.2) is 0 Å². The molecule has 2 nitrogen and oxygen atoms in total. The summed E-state index contributed by atoms with van der Waals surface area (Å²) in [6.07, 6.45) is 4.17. The number of hydrogen-bond donors (Lipinski definition) is 1. The first kappa shape index (κ1) is 12.4. The summed E-state index contributed by atoms with van der Waals surface area (Å²) in [7, 11) is 1.72. The van der Waals surface area contributed by atoms with E-state index in [1.165, 1.54) is 24.8 Å². The zero-order chi connectivity index (χ0) is 12.3. The second-order valence-corrected chi connectivity index (χ2v) is 5.25. The van der Waals surface area contributed by atoms with Gasteiger partial charge in [0, 0.05) is 12.1 Å². The largest absolute Gasteiger partial charge is 0.497 e. The van der Waals surface area contributed by atoms with Crippen LogP contribution >= 0.6 is 0 Å². The molecule has 1 fully saturated rings. The molecule has 0 aliphatic heterocycles. The average Bonchev–Trinajstić information content (AvgIpc) is 3.12. The smallest absolute Gasteiger partial charge is 0.119 e. The van der Waals surface area contributed by atoms with Crippen molar-refractivity contribution in [2.75, 3.05) is 7.11 Å². The van der Waals surface area contributed by atoms with Crippen LogP contribution in [0.5, 0.6) is 5.75 Å². The van der Waals surface area contributed by atoms with Crippen molar-refractivity contribution in [1.82, 2.24) is 5.32 Å². The quantitative estimate of drug-likeness (QED) is 0.811. The molecule has 0 saturated heterocycles. The van der Waals surface area contributed by atoms with E-state index in [-0.39, 0.29) is 0 Å². The van der Waals surface area contributed by atoms with Gasteiger partial charge in [0.2, 0.25) is 0 Å². The van der Waals surface area contributed by atoms with E-state index in [1.807, 2.05) is 6.07 Å². The average molecular weight is 233 g/mol. The number of ether oxygens (including phenoxy) is 1. The lowest BCUT2D eigenvalue weighted by Crippen LogP contribution is -2.29. The maximum atomic E-state index is 5.26. The van der Waals surface area contributed by atoms with Gasteiger partial charge < -0.3 is 10.1 Å². The molecular formula is C15H23NO. The van der Waals surface area contributed by atoms with Crippen LogP contribution < -0.4 is 10.1 Å². The fraction of sp³-hybridized carbons (Fsp3) is 0.600. The van der Waals surface area contributed by atoms with Crippen LogP contribution in [0.15, 0.2) is 24.3 Å². The first-order chi connectivity index (χ1) is 8.19. The highest BCUT2D eigenvalue weighted by atomic mass is 16.5. The number of rotatable bonds is 6. The van der Waals surface area contributed by atoms with E-state index < -0.39 is 0 Å². The van der Waals surface area contributed by atoms with Gasteiger partial charge in [0.05, 0.1) is 7.11 Å². The van der Waals surface area contributed by atoms with Crippen LogP contribution in [0.1, 0.15) is 44.7 Å². The van der Waals surface area contributed by atoms with Gasteiger partial charge in [0.25, 0.3) is 0 Å². The van der Waals surface area contributed by atoms with E-state index in [4.69, 9.17) is 4.74 Å². The molecule has 2 heteroatoms. The van der Waals surface area contributed by atoms with Gasteiger partial charge in [-0.15, -0.1) is 0 Å². The van der Waals surface area contributed by atoms with Gasteiger partial charge in [-0.3, -0.25) is 0 Å². The predicted molar refractivity (Wildman–Crippen MR) is 71.3 cm³/mol. The summed E-state index contributed by atoms with van der Waals surface area (Å²) >= 11 is 0. The lowest BCUT2D eigenvalue weighted by molar-refractivity contribution is 0.410. The highest BCUT2D eigenvalue weighted by Gasteiger charge is 2.24. The van der Waals surface area contributed by atoms with Crippen molar-refractivity contribution in [1.29, 1.82) is 0 Å². The van der Waals surface area contributed by atoms with Crippen molar-refractivity contribution in [3.8, 4) is 5.75 Å². The van der Waals surface area contributed by atoms with E-state index >= 15 is 0 Å². The summed E-state index contributed by atoms with van der Waals surface area (Å²) in [5.74, 6) is 1.92. The van der Waals surface area contributed by atoms with E-state index in [0.717, 1.165) is 11.7 Å². The normalized spacial score (nSPS) is 18.8. The summed E-state index contributed by atoms with van der Waals surface area (Å²) in [6.45, 7) is 4.51. The van der Waals surface area contributed by atoms with Crippen LogP contribution in [0, 0.1) is 5.92 Å². The molecule has 0 spiro atoms. The zero-order valence-corrected chi connectivity index (χ0v) is 11.1. The van der Waals surface area contributed by atoms with Gasteiger partial charge in [-0.1, -0.05) is 25.0 Å². The maximum Gasteiger partial charge on any atom is 0.119 e. The molecular weight excluding hydrogens is 210 g/mol. The Balaban J connectivity index is 1.90. The fourth-order valence-electron chi connectivity index (χ4n) is 2.36. The van der Waals surface area contributed by atoms with Gasteiger partial charge in [0.1, 0.15) is 5.75 Å². The van der Waals surface area contributed by atoms with Crippen LogP contribution in [0.3, 0.4) is 0 Å². The summed E-state index contributed by atoms with van der Waals surface area (Å²) < 4.78 is 5.26. The summed E-state index contributed by atoms with van der Waals surface area (Å²) in [4.78, 5) is 0. The Bertz CT molecular complexity index is 360. The molecule has 0 bridgehead atoms. The number of nitrogens with one attached hydrogen (secondary N) is 1. The minimum atomic E-state index is 0.388. The second kappa shape index (κ2) is 5.54. The summed E-state index contributed by atoms with van der Waals surface area (Å²) in [6, 6.07) is 9.30. The molecule has 0 aromatic heterocycles. The third kappa shape index (κ3) is 3.74. The SMILES string of the molecule is COc1cccc(C(C)NC(C)CC2CC2)c1. The monoisotopic (exact) mass is 233 g/mol. The molecule has 0 radical (unpaired) electrons. The van der Waals surface area contributed by atoms with Crippen LogP contribution in [0.25, 0.3) is 0 Å². The molecule has 17 heavy (non-hydrogen) atoms. The molecule has 2 rings (SSSR count). The summed E-state index contributed by atoms with van der Waals surface area (Å²) in [5, 5.41) is 3.66. The molecule has 1 aromatic rings. The Hall–Kier alpha value is -1.02. The Kier molecular flexibility index (Phi) is 4.06. The minimum absolute atomic E-state index is 0.388. The van der Waals surface area contributed by atoms with Crippen LogP contribution in [0.2, 0.25) is 0 Å². The molecule has 2 atom stereocenters.